The summed E-state index contributed by atoms with van der Waals surface area (Å²) in [5, 5.41) is 30.3. The Kier molecular flexibility index (Phi) is 4.29. The van der Waals surface area contributed by atoms with Gasteiger partial charge in [0.05, 0.1) is 10.6 Å². The van der Waals surface area contributed by atoms with Crippen LogP contribution in [0.5, 0.6) is 17.2 Å². The molecule has 148 valence electrons. The Balaban J connectivity index is 1.93. The van der Waals surface area contributed by atoms with Crippen LogP contribution in [0.25, 0.3) is 21.9 Å². The summed E-state index contributed by atoms with van der Waals surface area (Å²) in [6.07, 6.45) is 0. The molecule has 0 aliphatic heterocycles. The van der Waals surface area contributed by atoms with Gasteiger partial charge in [0.2, 0.25) is 5.43 Å². The quantitative estimate of drug-likeness (QED) is 0.286. The van der Waals surface area contributed by atoms with Gasteiger partial charge in [-0.25, -0.2) is 8.42 Å². The van der Waals surface area contributed by atoms with Crippen LogP contribution in [0.1, 0.15) is 0 Å². The van der Waals surface area contributed by atoms with Crippen molar-refractivity contribution < 1.29 is 28.2 Å². The number of benzene rings is 3. The minimum atomic E-state index is -4.14. The number of hydrogen-bond donors (Lipinski definition) is 4. The van der Waals surface area contributed by atoms with Gasteiger partial charge < -0.3 is 19.7 Å². The second-order valence-electron chi connectivity index (χ2n) is 6.14. The number of anilines is 1. The van der Waals surface area contributed by atoms with Crippen molar-refractivity contribution in [2.24, 2.45) is 0 Å². The Morgan fingerprint density at radius 2 is 1.59 bits per heavy atom. The van der Waals surface area contributed by atoms with Crippen molar-refractivity contribution in [3.8, 4) is 17.2 Å². The number of rotatable bonds is 3. The topological polar surface area (TPSA) is 137 Å². The van der Waals surface area contributed by atoms with Crippen LogP contribution in [0, 0.1) is 0 Å². The third-order valence-corrected chi connectivity index (χ3v) is 5.92. The number of halogens is 1. The van der Waals surface area contributed by atoms with E-state index < -0.39 is 38.0 Å². The highest BCUT2D eigenvalue weighted by atomic mass is 35.5. The maximum absolute atomic E-state index is 12.7. The highest BCUT2D eigenvalue weighted by molar-refractivity contribution is 7.92. The van der Waals surface area contributed by atoms with Gasteiger partial charge >= 0.3 is 0 Å². The van der Waals surface area contributed by atoms with Gasteiger partial charge in [0, 0.05) is 11.1 Å². The van der Waals surface area contributed by atoms with Crippen LogP contribution in [-0.2, 0) is 10.0 Å². The number of phenolic OH excluding ortho intramolecular Hbond substituents is 3. The first kappa shape index (κ1) is 18.9. The van der Waals surface area contributed by atoms with Gasteiger partial charge in [-0.2, -0.15) is 0 Å². The van der Waals surface area contributed by atoms with E-state index in [2.05, 4.69) is 4.72 Å². The van der Waals surface area contributed by atoms with E-state index in [9.17, 15) is 28.5 Å². The van der Waals surface area contributed by atoms with Crippen molar-refractivity contribution in [2.45, 2.75) is 4.90 Å². The van der Waals surface area contributed by atoms with E-state index in [0.29, 0.717) is 5.02 Å². The molecule has 0 bridgehead atoms. The van der Waals surface area contributed by atoms with Crippen molar-refractivity contribution >= 4 is 49.3 Å². The molecule has 3 aromatic carbocycles. The summed E-state index contributed by atoms with van der Waals surface area (Å²) in [6.45, 7) is 0. The Labute approximate surface area is 168 Å². The van der Waals surface area contributed by atoms with Crippen molar-refractivity contribution in [2.75, 3.05) is 4.72 Å². The predicted molar refractivity (Wildman–Crippen MR) is 107 cm³/mol. The van der Waals surface area contributed by atoms with Crippen LogP contribution < -0.4 is 10.2 Å². The normalized spacial score (nSPS) is 11.8. The second kappa shape index (κ2) is 6.57. The molecule has 0 unspecified atom stereocenters. The fraction of sp³-hybridized carbons (Fsp3) is 0. The van der Waals surface area contributed by atoms with Gasteiger partial charge in [0.15, 0.2) is 11.5 Å². The maximum Gasteiger partial charge on any atom is 0.262 e. The monoisotopic (exact) mass is 433 g/mol. The van der Waals surface area contributed by atoms with Crippen LogP contribution in [0.4, 0.5) is 5.69 Å². The van der Waals surface area contributed by atoms with Crippen LogP contribution in [0.15, 0.2) is 62.6 Å². The molecule has 1 aromatic heterocycles. The largest absolute Gasteiger partial charge is 0.507 e. The first-order chi connectivity index (χ1) is 13.7. The van der Waals surface area contributed by atoms with Crippen LogP contribution >= 0.6 is 11.6 Å². The minimum Gasteiger partial charge on any atom is -0.507 e. The van der Waals surface area contributed by atoms with Crippen LogP contribution in [0.3, 0.4) is 0 Å². The number of nitrogens with one attached hydrogen (secondary N) is 1. The Morgan fingerprint density at radius 3 is 2.28 bits per heavy atom. The average Bonchev–Trinajstić information content (AvgIpc) is 2.66. The zero-order valence-electron chi connectivity index (χ0n) is 14.4. The number of aromatic hydroxyl groups is 3. The lowest BCUT2D eigenvalue weighted by Crippen LogP contribution is -2.13. The standard InChI is InChI=1S/C19H12ClNO7S/c20-9-4-6-10(7-5-9)29(26,27)21-11-8-14-16(19(25)17(11)23)18(24)15-12(22)2-1-3-13(15)28-14/h1-8,21-23,25H. The molecule has 10 heteroatoms. The molecule has 0 aliphatic carbocycles. The van der Waals surface area contributed by atoms with Crippen molar-refractivity contribution in [1.29, 1.82) is 0 Å². The van der Waals surface area contributed by atoms with E-state index >= 15 is 0 Å². The molecule has 29 heavy (non-hydrogen) atoms. The zero-order valence-corrected chi connectivity index (χ0v) is 16.0. The highest BCUT2D eigenvalue weighted by Crippen LogP contribution is 2.41. The molecule has 4 rings (SSSR count). The molecule has 0 saturated heterocycles. The molecule has 1 heterocycles. The maximum atomic E-state index is 12.7. The number of phenols is 3. The lowest BCUT2D eigenvalue weighted by molar-refractivity contribution is 0.409. The summed E-state index contributed by atoms with van der Waals surface area (Å²) in [5.74, 6) is -2.10. The molecule has 0 amide bonds. The molecule has 4 N–H and O–H groups in total. The van der Waals surface area contributed by atoms with Crippen LogP contribution in [0.2, 0.25) is 5.02 Å². The third kappa shape index (κ3) is 3.10. The predicted octanol–water partition coefficient (Wildman–Crippen LogP) is 3.52. The van der Waals surface area contributed by atoms with Gasteiger partial charge in [0.1, 0.15) is 27.7 Å². The van der Waals surface area contributed by atoms with Gasteiger partial charge in [-0.15, -0.1) is 0 Å². The fourth-order valence-corrected chi connectivity index (χ4v) is 4.09. The van der Waals surface area contributed by atoms with Crippen molar-refractivity contribution in [1.82, 2.24) is 0 Å². The van der Waals surface area contributed by atoms with E-state index in [-0.39, 0.29) is 27.2 Å². The molecular formula is C19H12ClNO7S. The molecule has 0 aliphatic rings. The van der Waals surface area contributed by atoms with Gasteiger partial charge in [-0.3, -0.25) is 9.52 Å². The molecule has 0 spiro atoms. The number of hydrogen-bond acceptors (Lipinski definition) is 7. The summed E-state index contributed by atoms with van der Waals surface area (Å²) in [4.78, 5) is 12.6. The van der Waals surface area contributed by atoms with E-state index in [1.807, 2.05) is 0 Å². The highest BCUT2D eigenvalue weighted by Gasteiger charge is 2.23. The zero-order chi connectivity index (χ0) is 20.9. The summed E-state index contributed by atoms with van der Waals surface area (Å²) < 4.78 is 32.8. The smallest absolute Gasteiger partial charge is 0.262 e. The van der Waals surface area contributed by atoms with Gasteiger partial charge in [-0.1, -0.05) is 17.7 Å². The van der Waals surface area contributed by atoms with Crippen molar-refractivity contribution in [3.63, 3.8) is 0 Å². The SMILES string of the molecule is O=c1c2c(O)cccc2oc2cc(NS(=O)(=O)c3ccc(Cl)cc3)c(O)c(O)c12. The molecule has 0 radical (unpaired) electrons. The molecule has 0 fully saturated rings. The average molecular weight is 434 g/mol. The third-order valence-electron chi connectivity index (χ3n) is 4.28. The van der Waals surface area contributed by atoms with Gasteiger partial charge in [0.25, 0.3) is 10.0 Å². The lowest BCUT2D eigenvalue weighted by atomic mass is 10.1. The fourth-order valence-electron chi connectivity index (χ4n) is 2.91. The molecule has 4 aromatic rings. The lowest BCUT2D eigenvalue weighted by Gasteiger charge is -2.12. The first-order valence-electron chi connectivity index (χ1n) is 8.11. The first-order valence-corrected chi connectivity index (χ1v) is 9.97. The minimum absolute atomic E-state index is 0.0269. The number of sulfonamides is 1. The van der Waals surface area contributed by atoms with E-state index in [1.54, 1.807) is 0 Å². The molecule has 0 saturated carbocycles. The Hall–Kier alpha value is -3.43. The second-order valence-corrected chi connectivity index (χ2v) is 8.25. The molecule has 8 nitrogen and oxygen atoms in total. The number of fused-ring (bicyclic) bond motifs is 2. The van der Waals surface area contributed by atoms with Crippen LogP contribution in [-0.4, -0.2) is 23.7 Å². The Morgan fingerprint density at radius 1 is 0.897 bits per heavy atom. The summed E-state index contributed by atoms with van der Waals surface area (Å²) in [7, 11) is -4.14. The molecule has 0 atom stereocenters. The van der Waals surface area contributed by atoms with Gasteiger partial charge in [-0.05, 0) is 36.4 Å². The van der Waals surface area contributed by atoms with E-state index in [0.717, 1.165) is 6.07 Å². The van der Waals surface area contributed by atoms with Crippen molar-refractivity contribution in [3.05, 3.63) is 63.8 Å². The summed E-state index contributed by atoms with van der Waals surface area (Å²) in [5.41, 5.74) is -1.33. The molecular weight excluding hydrogens is 422 g/mol. The summed E-state index contributed by atoms with van der Waals surface area (Å²) >= 11 is 5.76. The Bertz CT molecular complexity index is 1440. The van der Waals surface area contributed by atoms with E-state index in [1.165, 1.54) is 42.5 Å². The van der Waals surface area contributed by atoms with E-state index in [4.69, 9.17) is 16.0 Å². The summed E-state index contributed by atoms with van der Waals surface area (Å²) in [6, 6.07) is 10.5.